The van der Waals surface area contributed by atoms with Gasteiger partial charge in [-0.25, -0.2) is 4.98 Å². The number of hydrogen-bond acceptors (Lipinski definition) is 3. The molecule has 4 atom stereocenters. The molecular weight excluding hydrogens is 443 g/mol. The van der Waals surface area contributed by atoms with Crippen molar-refractivity contribution in [3.05, 3.63) is 75.3 Å². The molecule has 3 heterocycles. The van der Waals surface area contributed by atoms with Crippen LogP contribution in [-0.4, -0.2) is 29.0 Å². The molecule has 0 amide bonds. The molecule has 2 fully saturated rings. The Hall–Kier alpha value is -1.10. The molecule has 0 saturated carbocycles. The Bertz CT molecular complexity index is 971. The van der Waals surface area contributed by atoms with Gasteiger partial charge in [0.25, 0.3) is 0 Å². The highest BCUT2D eigenvalue weighted by Gasteiger charge is 2.47. The van der Waals surface area contributed by atoms with Gasteiger partial charge >= 0.3 is 0 Å². The van der Waals surface area contributed by atoms with Gasteiger partial charge in [0.05, 0.1) is 9.88 Å². The highest BCUT2D eigenvalue weighted by Crippen LogP contribution is 2.52. The van der Waals surface area contributed by atoms with E-state index in [9.17, 15) is 0 Å². The summed E-state index contributed by atoms with van der Waals surface area (Å²) in [6.45, 7) is 0. The molecule has 0 unspecified atom stereocenters. The summed E-state index contributed by atoms with van der Waals surface area (Å²) in [7, 11) is 2.29. The minimum absolute atomic E-state index is 0. The Labute approximate surface area is 192 Å². The predicted molar refractivity (Wildman–Crippen MR) is 126 cm³/mol. The molecule has 6 heteroatoms. The summed E-state index contributed by atoms with van der Waals surface area (Å²) in [4.78, 5) is 8.73. The standard InChI is InChI=1S/C23H22Cl2N2S.ClH/c1-27-18-10-11-20(27)22(19(12-18)14-2-6-16(24)7-3-14)23-26-13-21(28-23)15-4-8-17(25)9-5-15;/h2-9,13,18-20,22H,10-12H2,1H3;1H/t18-,19+,20+,22-;/m0./s1. The van der Waals surface area contributed by atoms with Crippen LogP contribution in [0.2, 0.25) is 10.0 Å². The number of piperidine rings is 1. The lowest BCUT2D eigenvalue weighted by atomic mass is 9.76. The molecule has 152 valence electrons. The highest BCUT2D eigenvalue weighted by atomic mass is 35.5. The maximum Gasteiger partial charge on any atom is 0.0983 e. The number of halogens is 3. The van der Waals surface area contributed by atoms with E-state index in [1.54, 1.807) is 0 Å². The first-order valence-electron chi connectivity index (χ1n) is 9.79. The summed E-state index contributed by atoms with van der Waals surface area (Å²) in [5, 5.41) is 2.82. The molecule has 1 aromatic heterocycles. The summed E-state index contributed by atoms with van der Waals surface area (Å²) in [5.41, 5.74) is 2.58. The van der Waals surface area contributed by atoms with Gasteiger partial charge in [-0.15, -0.1) is 23.7 Å². The zero-order valence-corrected chi connectivity index (χ0v) is 19.2. The first-order valence-corrected chi connectivity index (χ1v) is 11.4. The van der Waals surface area contributed by atoms with Crippen molar-refractivity contribution in [1.82, 2.24) is 9.88 Å². The van der Waals surface area contributed by atoms with Crippen LogP contribution in [0.4, 0.5) is 0 Å². The fourth-order valence-electron chi connectivity index (χ4n) is 5.05. The Balaban J connectivity index is 0.00000205. The number of benzene rings is 2. The molecule has 2 aliphatic rings. The van der Waals surface area contributed by atoms with E-state index >= 15 is 0 Å². The smallest absolute Gasteiger partial charge is 0.0983 e. The molecule has 0 N–H and O–H groups in total. The van der Waals surface area contributed by atoms with Crippen LogP contribution in [0.15, 0.2) is 54.7 Å². The molecular formula is C23H23Cl3N2S. The molecule has 3 aromatic rings. The van der Waals surface area contributed by atoms with Gasteiger partial charge in [0, 0.05) is 34.2 Å². The van der Waals surface area contributed by atoms with Gasteiger partial charge in [-0.05, 0) is 67.6 Å². The Kier molecular flexibility index (Phi) is 6.24. The Morgan fingerprint density at radius 3 is 2.31 bits per heavy atom. The first-order chi connectivity index (χ1) is 13.6. The van der Waals surface area contributed by atoms with Crippen molar-refractivity contribution >= 4 is 46.9 Å². The molecule has 29 heavy (non-hydrogen) atoms. The molecule has 2 aromatic carbocycles. The number of fused-ring (bicyclic) bond motifs is 2. The van der Waals surface area contributed by atoms with E-state index in [-0.39, 0.29) is 12.4 Å². The van der Waals surface area contributed by atoms with E-state index in [1.165, 1.54) is 40.3 Å². The van der Waals surface area contributed by atoms with E-state index in [1.807, 2.05) is 41.8 Å². The van der Waals surface area contributed by atoms with Gasteiger partial charge in [0.1, 0.15) is 0 Å². The van der Waals surface area contributed by atoms with E-state index in [0.717, 1.165) is 10.0 Å². The van der Waals surface area contributed by atoms with Crippen LogP contribution in [0.5, 0.6) is 0 Å². The van der Waals surface area contributed by atoms with Crippen LogP contribution >= 0.6 is 46.9 Å². The lowest BCUT2D eigenvalue weighted by Crippen LogP contribution is -2.44. The molecule has 0 spiro atoms. The summed E-state index contributed by atoms with van der Waals surface area (Å²) >= 11 is 14.0. The predicted octanol–water partition coefficient (Wildman–Crippen LogP) is 7.27. The number of rotatable bonds is 3. The van der Waals surface area contributed by atoms with Crippen LogP contribution < -0.4 is 0 Å². The third kappa shape index (κ3) is 3.96. The van der Waals surface area contributed by atoms with Crippen molar-refractivity contribution in [1.29, 1.82) is 0 Å². The summed E-state index contributed by atoms with van der Waals surface area (Å²) in [5.74, 6) is 0.922. The number of nitrogens with zero attached hydrogens (tertiary/aromatic N) is 2. The van der Waals surface area contributed by atoms with Gasteiger partial charge in [-0.2, -0.15) is 0 Å². The maximum absolute atomic E-state index is 6.15. The van der Waals surface area contributed by atoms with E-state index in [0.29, 0.717) is 23.9 Å². The van der Waals surface area contributed by atoms with Crippen LogP contribution in [0.25, 0.3) is 10.4 Å². The van der Waals surface area contributed by atoms with Gasteiger partial charge in [-0.3, -0.25) is 4.90 Å². The highest BCUT2D eigenvalue weighted by molar-refractivity contribution is 7.15. The molecule has 0 aliphatic carbocycles. The summed E-state index contributed by atoms with van der Waals surface area (Å²) < 4.78 is 0. The molecule has 5 rings (SSSR count). The van der Waals surface area contributed by atoms with E-state index in [2.05, 4.69) is 36.2 Å². The summed E-state index contributed by atoms with van der Waals surface area (Å²) in [6, 6.07) is 17.7. The topological polar surface area (TPSA) is 16.1 Å². The van der Waals surface area contributed by atoms with Crippen LogP contribution in [0.3, 0.4) is 0 Å². The quantitative estimate of drug-likeness (QED) is 0.404. The molecule has 0 radical (unpaired) electrons. The second kappa shape index (κ2) is 8.56. The van der Waals surface area contributed by atoms with Crippen LogP contribution in [0.1, 0.15) is 41.7 Å². The number of likely N-dealkylation sites (N-methyl/N-ethyl adjacent to an activating group) is 1. The molecule has 2 aliphatic heterocycles. The zero-order valence-electron chi connectivity index (χ0n) is 16.1. The minimum atomic E-state index is 0. The molecule has 2 saturated heterocycles. The van der Waals surface area contributed by atoms with Gasteiger partial charge in [0.2, 0.25) is 0 Å². The third-order valence-electron chi connectivity index (χ3n) is 6.50. The number of aromatic nitrogens is 1. The third-order valence-corrected chi connectivity index (χ3v) is 8.16. The SMILES string of the molecule is CN1[C@H]2CC[C@@H]1[C@@H](c1ncc(-c3ccc(Cl)cc3)s1)[C@@H](c1ccc(Cl)cc1)C2.Cl. The summed E-state index contributed by atoms with van der Waals surface area (Å²) in [6.07, 6.45) is 5.77. The van der Waals surface area contributed by atoms with Gasteiger partial charge in [-0.1, -0.05) is 47.5 Å². The average Bonchev–Trinajstić information content (AvgIpc) is 3.26. The van der Waals surface area contributed by atoms with Gasteiger partial charge < -0.3 is 0 Å². The van der Waals surface area contributed by atoms with Crippen molar-refractivity contribution in [3.8, 4) is 10.4 Å². The fourth-order valence-corrected chi connectivity index (χ4v) is 6.44. The van der Waals surface area contributed by atoms with Gasteiger partial charge in [0.15, 0.2) is 0 Å². The second-order valence-electron chi connectivity index (χ2n) is 7.95. The average molecular weight is 466 g/mol. The monoisotopic (exact) mass is 464 g/mol. The number of thiazole rings is 1. The molecule has 2 bridgehead atoms. The lowest BCUT2D eigenvalue weighted by Gasteiger charge is -2.42. The van der Waals surface area contributed by atoms with Crippen molar-refractivity contribution in [2.24, 2.45) is 0 Å². The largest absolute Gasteiger partial charge is 0.300 e. The lowest BCUT2D eigenvalue weighted by molar-refractivity contribution is 0.137. The fraction of sp³-hybridized carbons (Fsp3) is 0.348. The van der Waals surface area contributed by atoms with Crippen LogP contribution in [-0.2, 0) is 0 Å². The van der Waals surface area contributed by atoms with Crippen molar-refractivity contribution < 1.29 is 0 Å². The first kappa shape index (κ1) is 21.1. The van der Waals surface area contributed by atoms with Crippen molar-refractivity contribution in [3.63, 3.8) is 0 Å². The Morgan fingerprint density at radius 1 is 0.966 bits per heavy atom. The minimum Gasteiger partial charge on any atom is -0.300 e. The Morgan fingerprint density at radius 2 is 1.62 bits per heavy atom. The molecule has 2 nitrogen and oxygen atoms in total. The normalized spacial score (nSPS) is 26.3. The van der Waals surface area contributed by atoms with Crippen molar-refractivity contribution in [2.45, 2.75) is 43.2 Å². The maximum atomic E-state index is 6.15. The van der Waals surface area contributed by atoms with E-state index < -0.39 is 0 Å². The number of hydrogen-bond donors (Lipinski definition) is 0. The second-order valence-corrected chi connectivity index (χ2v) is 9.89. The van der Waals surface area contributed by atoms with E-state index in [4.69, 9.17) is 28.2 Å². The van der Waals surface area contributed by atoms with Crippen LogP contribution in [0, 0.1) is 0 Å². The van der Waals surface area contributed by atoms with Crippen molar-refractivity contribution in [2.75, 3.05) is 7.05 Å². The zero-order chi connectivity index (χ0) is 19.3.